The lowest BCUT2D eigenvalue weighted by Crippen LogP contribution is -2.21. The van der Waals surface area contributed by atoms with Crippen LogP contribution < -0.4 is 5.32 Å². The van der Waals surface area contributed by atoms with Crippen molar-refractivity contribution in [1.82, 2.24) is 9.78 Å². The van der Waals surface area contributed by atoms with E-state index in [-0.39, 0.29) is 6.61 Å². The van der Waals surface area contributed by atoms with Crippen molar-refractivity contribution in [3.8, 4) is 0 Å². The molecule has 110 valence electrons. The fourth-order valence-corrected chi connectivity index (χ4v) is 1.77. The van der Waals surface area contributed by atoms with Gasteiger partial charge in [0.2, 0.25) is 5.91 Å². The van der Waals surface area contributed by atoms with Crippen molar-refractivity contribution in [2.45, 2.75) is 6.54 Å². The van der Waals surface area contributed by atoms with Gasteiger partial charge in [0.1, 0.15) is 13.2 Å². The van der Waals surface area contributed by atoms with Gasteiger partial charge in [-0.3, -0.25) is 9.48 Å². The van der Waals surface area contributed by atoms with Gasteiger partial charge in [-0.05, 0) is 17.7 Å². The molecule has 21 heavy (non-hydrogen) atoms. The second kappa shape index (κ2) is 7.20. The Bertz CT molecular complexity index is 610. The van der Waals surface area contributed by atoms with Gasteiger partial charge in [0.25, 0.3) is 0 Å². The van der Waals surface area contributed by atoms with E-state index in [1.807, 2.05) is 24.4 Å². The van der Waals surface area contributed by atoms with Crippen LogP contribution >= 0.6 is 0 Å². The quantitative estimate of drug-likeness (QED) is 0.792. The molecule has 7 nitrogen and oxygen atoms in total. The fourth-order valence-electron chi connectivity index (χ4n) is 1.77. The number of nitrogens with zero attached hydrogens (tertiary/aromatic N) is 2. The maximum absolute atomic E-state index is 11.7. The summed E-state index contributed by atoms with van der Waals surface area (Å²) in [6.07, 6.45) is 3.51. The van der Waals surface area contributed by atoms with Crippen LogP contribution in [0.1, 0.15) is 5.56 Å². The highest BCUT2D eigenvalue weighted by Gasteiger charge is 2.08. The van der Waals surface area contributed by atoms with E-state index >= 15 is 0 Å². The molecule has 0 unspecified atom stereocenters. The standard InChI is InChI=1S/C14H15N3O4/c18-13(9-21-10-14(19)20)16-12-5-2-1-4-11(12)8-17-7-3-6-15-17/h1-7H,8-10H2,(H,16,18)(H,19,20). The number of nitrogens with one attached hydrogen (secondary N) is 1. The van der Waals surface area contributed by atoms with Gasteiger partial charge in [0.05, 0.1) is 6.54 Å². The van der Waals surface area contributed by atoms with Crippen molar-refractivity contribution in [2.75, 3.05) is 18.5 Å². The van der Waals surface area contributed by atoms with E-state index in [2.05, 4.69) is 10.4 Å². The number of carboxylic acid groups (broad SMARTS) is 1. The number of anilines is 1. The maximum atomic E-state index is 11.7. The summed E-state index contributed by atoms with van der Waals surface area (Å²) in [6, 6.07) is 9.15. The molecule has 0 atom stereocenters. The van der Waals surface area contributed by atoms with Crippen LogP contribution in [0, 0.1) is 0 Å². The zero-order valence-corrected chi connectivity index (χ0v) is 11.2. The Kier molecular flexibility index (Phi) is 5.05. The summed E-state index contributed by atoms with van der Waals surface area (Å²) in [4.78, 5) is 22.0. The van der Waals surface area contributed by atoms with E-state index in [0.29, 0.717) is 12.2 Å². The smallest absolute Gasteiger partial charge is 0.329 e. The monoisotopic (exact) mass is 289 g/mol. The molecular formula is C14H15N3O4. The van der Waals surface area contributed by atoms with Crippen molar-refractivity contribution in [1.29, 1.82) is 0 Å². The van der Waals surface area contributed by atoms with Gasteiger partial charge in [-0.25, -0.2) is 4.79 Å². The molecule has 0 aliphatic rings. The Morgan fingerprint density at radius 2 is 2.05 bits per heavy atom. The molecule has 7 heteroatoms. The number of carbonyl (C=O) groups excluding carboxylic acids is 1. The fraction of sp³-hybridized carbons (Fsp3) is 0.214. The number of benzene rings is 1. The Hall–Kier alpha value is -2.67. The van der Waals surface area contributed by atoms with E-state index in [0.717, 1.165) is 5.56 Å². The number of hydrogen-bond acceptors (Lipinski definition) is 4. The highest BCUT2D eigenvalue weighted by atomic mass is 16.5. The molecule has 1 heterocycles. The number of amides is 1. The van der Waals surface area contributed by atoms with Gasteiger partial charge in [-0.1, -0.05) is 18.2 Å². The number of aromatic nitrogens is 2. The average Bonchev–Trinajstić information content (AvgIpc) is 2.93. The van der Waals surface area contributed by atoms with Crippen molar-refractivity contribution in [2.24, 2.45) is 0 Å². The van der Waals surface area contributed by atoms with Crippen LogP contribution in [0.3, 0.4) is 0 Å². The first-order valence-electron chi connectivity index (χ1n) is 6.30. The van der Waals surface area contributed by atoms with Gasteiger partial charge in [-0.2, -0.15) is 5.10 Å². The Morgan fingerprint density at radius 1 is 1.24 bits per heavy atom. The average molecular weight is 289 g/mol. The lowest BCUT2D eigenvalue weighted by Gasteiger charge is -2.11. The van der Waals surface area contributed by atoms with Crippen LogP contribution in [0.2, 0.25) is 0 Å². The highest BCUT2D eigenvalue weighted by Crippen LogP contribution is 2.16. The third-order valence-electron chi connectivity index (χ3n) is 2.64. The second-order valence-corrected chi connectivity index (χ2v) is 4.30. The first kappa shape index (κ1) is 14.7. The molecule has 0 bridgehead atoms. The number of aliphatic carboxylic acids is 1. The second-order valence-electron chi connectivity index (χ2n) is 4.30. The molecule has 0 spiro atoms. The van der Waals surface area contributed by atoms with E-state index in [1.54, 1.807) is 23.0 Å². The van der Waals surface area contributed by atoms with Gasteiger partial charge < -0.3 is 15.2 Å². The molecule has 0 aliphatic carbocycles. The van der Waals surface area contributed by atoms with E-state index < -0.39 is 18.5 Å². The Labute approximate surface area is 121 Å². The molecule has 2 rings (SSSR count). The van der Waals surface area contributed by atoms with Crippen LogP contribution in [-0.4, -0.2) is 40.0 Å². The van der Waals surface area contributed by atoms with Gasteiger partial charge in [-0.15, -0.1) is 0 Å². The molecule has 0 aliphatic heterocycles. The maximum Gasteiger partial charge on any atom is 0.329 e. The topological polar surface area (TPSA) is 93.5 Å². The first-order chi connectivity index (χ1) is 10.1. The van der Waals surface area contributed by atoms with Crippen molar-refractivity contribution in [3.63, 3.8) is 0 Å². The minimum Gasteiger partial charge on any atom is -0.480 e. The minimum atomic E-state index is -1.11. The molecular weight excluding hydrogens is 274 g/mol. The number of para-hydroxylation sites is 1. The lowest BCUT2D eigenvalue weighted by molar-refractivity contribution is -0.143. The predicted octanol–water partition coefficient (Wildman–Crippen LogP) is 0.971. The summed E-state index contributed by atoms with van der Waals surface area (Å²) < 4.78 is 6.49. The number of carbonyl (C=O) groups is 2. The van der Waals surface area contributed by atoms with Crippen LogP contribution in [0.4, 0.5) is 5.69 Å². The summed E-state index contributed by atoms with van der Waals surface area (Å²) in [5, 5.41) is 15.3. The highest BCUT2D eigenvalue weighted by molar-refractivity contribution is 5.92. The number of hydrogen-bond donors (Lipinski definition) is 2. The Balaban J connectivity index is 1.96. The summed E-state index contributed by atoms with van der Waals surface area (Å²) in [5.41, 5.74) is 1.55. The van der Waals surface area contributed by atoms with Crippen LogP contribution in [0.25, 0.3) is 0 Å². The van der Waals surface area contributed by atoms with Crippen LogP contribution in [0.15, 0.2) is 42.7 Å². The Morgan fingerprint density at radius 3 is 2.76 bits per heavy atom. The molecule has 0 saturated heterocycles. The minimum absolute atomic E-state index is 0.303. The first-order valence-corrected chi connectivity index (χ1v) is 6.30. The van der Waals surface area contributed by atoms with E-state index in [1.165, 1.54) is 0 Å². The summed E-state index contributed by atoms with van der Waals surface area (Å²) >= 11 is 0. The summed E-state index contributed by atoms with van der Waals surface area (Å²) in [5.74, 6) is -1.51. The molecule has 1 aromatic heterocycles. The summed E-state index contributed by atoms with van der Waals surface area (Å²) in [7, 11) is 0. The molecule has 1 amide bonds. The van der Waals surface area contributed by atoms with Gasteiger partial charge in [0, 0.05) is 18.1 Å². The molecule has 2 N–H and O–H groups in total. The van der Waals surface area contributed by atoms with Gasteiger partial charge in [0.15, 0.2) is 0 Å². The van der Waals surface area contributed by atoms with Crippen LogP contribution in [-0.2, 0) is 20.9 Å². The number of ether oxygens (including phenoxy) is 1. The zero-order chi connectivity index (χ0) is 15.1. The largest absolute Gasteiger partial charge is 0.480 e. The predicted molar refractivity (Wildman–Crippen MR) is 74.9 cm³/mol. The van der Waals surface area contributed by atoms with Crippen LogP contribution in [0.5, 0.6) is 0 Å². The normalized spacial score (nSPS) is 10.3. The van der Waals surface area contributed by atoms with Crippen molar-refractivity contribution < 1.29 is 19.4 Å². The third kappa shape index (κ3) is 4.73. The SMILES string of the molecule is O=C(O)COCC(=O)Nc1ccccc1Cn1cccn1. The molecule has 1 aromatic carbocycles. The van der Waals surface area contributed by atoms with E-state index in [9.17, 15) is 9.59 Å². The molecule has 0 saturated carbocycles. The number of carboxylic acids is 1. The van der Waals surface area contributed by atoms with Gasteiger partial charge >= 0.3 is 5.97 Å². The number of rotatable bonds is 7. The molecule has 2 aromatic rings. The van der Waals surface area contributed by atoms with Crippen molar-refractivity contribution >= 4 is 17.6 Å². The van der Waals surface area contributed by atoms with Crippen molar-refractivity contribution in [3.05, 3.63) is 48.3 Å². The zero-order valence-electron chi connectivity index (χ0n) is 11.2. The van der Waals surface area contributed by atoms with E-state index in [4.69, 9.17) is 9.84 Å². The molecule has 0 fully saturated rings. The summed E-state index contributed by atoms with van der Waals surface area (Å²) in [6.45, 7) is -0.274. The molecule has 0 radical (unpaired) electrons. The lowest BCUT2D eigenvalue weighted by atomic mass is 10.1. The third-order valence-corrected chi connectivity index (χ3v) is 2.64.